The lowest BCUT2D eigenvalue weighted by Gasteiger charge is -2.13. The van der Waals surface area contributed by atoms with Crippen molar-refractivity contribution in [2.75, 3.05) is 5.32 Å². The van der Waals surface area contributed by atoms with Gasteiger partial charge in [-0.15, -0.1) is 0 Å². The molecule has 0 bridgehead atoms. The first-order valence-electron chi connectivity index (χ1n) is 7.42. The van der Waals surface area contributed by atoms with E-state index in [4.69, 9.17) is 0 Å². The van der Waals surface area contributed by atoms with Gasteiger partial charge in [-0.3, -0.25) is 24.3 Å². The third-order valence-corrected chi connectivity index (χ3v) is 3.72. The van der Waals surface area contributed by atoms with Crippen LogP contribution in [0.5, 0.6) is 0 Å². The summed E-state index contributed by atoms with van der Waals surface area (Å²) < 4.78 is 1.06. The largest absolute Gasteiger partial charge is 0.324 e. The number of rotatable bonds is 4. The minimum atomic E-state index is -0.588. The van der Waals surface area contributed by atoms with Crippen molar-refractivity contribution in [3.8, 4) is 0 Å². The van der Waals surface area contributed by atoms with Crippen LogP contribution in [-0.2, 0) is 11.3 Å². The molecule has 1 heterocycles. The Kier molecular flexibility index (Phi) is 4.82. The molecule has 2 aromatic rings. The van der Waals surface area contributed by atoms with Crippen LogP contribution in [0.15, 0.2) is 29.2 Å². The van der Waals surface area contributed by atoms with Gasteiger partial charge in [-0.05, 0) is 38.8 Å². The Balaban J connectivity index is 2.28. The van der Waals surface area contributed by atoms with E-state index in [1.165, 1.54) is 13.0 Å². The first-order valence-corrected chi connectivity index (χ1v) is 7.42. The van der Waals surface area contributed by atoms with E-state index in [-0.39, 0.29) is 17.8 Å². The van der Waals surface area contributed by atoms with E-state index in [1.54, 1.807) is 0 Å². The van der Waals surface area contributed by atoms with Crippen LogP contribution >= 0.6 is 0 Å². The van der Waals surface area contributed by atoms with Crippen LogP contribution < -0.4 is 10.9 Å². The number of aromatic nitrogens is 1. The van der Waals surface area contributed by atoms with Crippen molar-refractivity contribution in [3.63, 3.8) is 0 Å². The summed E-state index contributed by atoms with van der Waals surface area (Å²) in [6.45, 7) is 6.95. The Morgan fingerprint density at radius 3 is 2.25 bits per heavy atom. The van der Waals surface area contributed by atoms with Crippen molar-refractivity contribution in [2.24, 2.45) is 0 Å². The van der Waals surface area contributed by atoms with Gasteiger partial charge in [-0.2, -0.15) is 0 Å². The first kappa shape index (κ1) is 17.4. The molecule has 7 heteroatoms. The Morgan fingerprint density at radius 1 is 1.12 bits per heavy atom. The number of nitrogens with one attached hydrogen (secondary N) is 1. The fourth-order valence-corrected chi connectivity index (χ4v) is 2.69. The molecule has 1 amide bonds. The molecular weight excluding hydrogens is 310 g/mol. The molecule has 1 aromatic carbocycles. The zero-order valence-corrected chi connectivity index (χ0v) is 14.0. The number of nitrogens with zero attached hydrogens (tertiary/aromatic N) is 2. The number of carbonyl (C=O) groups excluding carboxylic acids is 1. The van der Waals surface area contributed by atoms with Crippen LogP contribution in [0.2, 0.25) is 0 Å². The number of carbonyl (C=O) groups is 1. The molecule has 0 radical (unpaired) electrons. The summed E-state index contributed by atoms with van der Waals surface area (Å²) in [7, 11) is 0. The van der Waals surface area contributed by atoms with E-state index < -0.39 is 16.4 Å². The van der Waals surface area contributed by atoms with Crippen molar-refractivity contribution >= 4 is 17.3 Å². The van der Waals surface area contributed by atoms with Crippen LogP contribution in [0.3, 0.4) is 0 Å². The van der Waals surface area contributed by atoms with E-state index in [2.05, 4.69) is 5.32 Å². The molecule has 0 atom stereocenters. The zero-order valence-electron chi connectivity index (χ0n) is 14.0. The summed E-state index contributed by atoms with van der Waals surface area (Å²) in [5.74, 6) is -0.410. The third kappa shape index (κ3) is 3.68. The van der Waals surface area contributed by atoms with Crippen LogP contribution in [0, 0.1) is 37.8 Å². The van der Waals surface area contributed by atoms with Crippen LogP contribution in [0.25, 0.3) is 0 Å². The summed E-state index contributed by atoms with van der Waals surface area (Å²) >= 11 is 0. The highest BCUT2D eigenvalue weighted by Crippen LogP contribution is 2.22. The molecule has 1 aromatic heterocycles. The number of hydrogen-bond donors (Lipinski definition) is 1. The molecule has 0 saturated carbocycles. The van der Waals surface area contributed by atoms with E-state index >= 15 is 0 Å². The van der Waals surface area contributed by atoms with E-state index in [9.17, 15) is 19.7 Å². The maximum atomic E-state index is 12.3. The number of benzene rings is 1. The predicted molar refractivity (Wildman–Crippen MR) is 91.4 cm³/mol. The van der Waals surface area contributed by atoms with E-state index in [0.29, 0.717) is 5.69 Å². The van der Waals surface area contributed by atoms with Gasteiger partial charge in [0.15, 0.2) is 0 Å². The van der Waals surface area contributed by atoms with Gasteiger partial charge in [0.05, 0.1) is 11.1 Å². The molecule has 24 heavy (non-hydrogen) atoms. The standard InChI is InChI=1S/C17H19N3O4/c1-10-5-11(2)16(12(3)6-10)18-15(21)9-19-8-14(20(23)24)7-13(4)17(19)22/h5-8H,9H2,1-4H3,(H,18,21). The number of aryl methyl sites for hydroxylation is 4. The number of nitro groups is 1. The smallest absolute Gasteiger partial charge is 0.286 e. The van der Waals surface area contributed by atoms with Crippen molar-refractivity contribution in [3.05, 3.63) is 67.1 Å². The lowest BCUT2D eigenvalue weighted by atomic mass is 10.1. The number of hydrogen-bond acceptors (Lipinski definition) is 4. The second kappa shape index (κ2) is 6.66. The van der Waals surface area contributed by atoms with Gasteiger partial charge in [0.25, 0.3) is 11.2 Å². The van der Waals surface area contributed by atoms with Crippen LogP contribution in [0.4, 0.5) is 11.4 Å². The van der Waals surface area contributed by atoms with Crippen LogP contribution in [-0.4, -0.2) is 15.4 Å². The average Bonchev–Trinajstić information content (AvgIpc) is 2.47. The summed E-state index contributed by atoms with van der Waals surface area (Å²) in [6, 6.07) is 5.10. The Morgan fingerprint density at radius 2 is 1.71 bits per heavy atom. The second-order valence-corrected chi connectivity index (χ2v) is 5.89. The van der Waals surface area contributed by atoms with Crippen molar-refractivity contribution in [2.45, 2.75) is 34.2 Å². The summed E-state index contributed by atoms with van der Waals surface area (Å²) in [5.41, 5.74) is 3.21. The fraction of sp³-hybridized carbons (Fsp3) is 0.294. The Hall–Kier alpha value is -2.96. The highest BCUT2D eigenvalue weighted by Gasteiger charge is 2.14. The maximum absolute atomic E-state index is 12.3. The fourth-order valence-electron chi connectivity index (χ4n) is 2.69. The molecule has 0 fully saturated rings. The first-order chi connectivity index (χ1) is 11.2. The SMILES string of the molecule is Cc1cc(C)c(NC(=O)Cn2cc([N+](=O)[O-])cc(C)c2=O)c(C)c1. The minimum Gasteiger partial charge on any atom is -0.324 e. The molecule has 0 aliphatic rings. The number of anilines is 1. The van der Waals surface area contributed by atoms with Gasteiger partial charge < -0.3 is 5.32 Å². The quantitative estimate of drug-likeness (QED) is 0.689. The van der Waals surface area contributed by atoms with Gasteiger partial charge in [0.2, 0.25) is 5.91 Å². The molecule has 0 aliphatic carbocycles. The van der Waals surface area contributed by atoms with Gasteiger partial charge in [-0.1, -0.05) is 17.7 Å². The van der Waals surface area contributed by atoms with Crippen LogP contribution in [0.1, 0.15) is 22.3 Å². The summed E-state index contributed by atoms with van der Waals surface area (Å²) in [5, 5.41) is 13.7. The van der Waals surface area contributed by atoms with Gasteiger partial charge in [-0.25, -0.2) is 0 Å². The monoisotopic (exact) mass is 329 g/mol. The van der Waals surface area contributed by atoms with E-state index in [1.807, 2.05) is 32.9 Å². The summed E-state index contributed by atoms with van der Waals surface area (Å²) in [6.07, 6.45) is 1.09. The Bertz CT molecular complexity index is 861. The molecule has 7 nitrogen and oxygen atoms in total. The van der Waals surface area contributed by atoms with Gasteiger partial charge in [0.1, 0.15) is 6.54 Å². The van der Waals surface area contributed by atoms with Crippen molar-refractivity contribution in [1.29, 1.82) is 0 Å². The van der Waals surface area contributed by atoms with Crippen molar-refractivity contribution in [1.82, 2.24) is 4.57 Å². The third-order valence-electron chi connectivity index (χ3n) is 3.72. The lowest BCUT2D eigenvalue weighted by molar-refractivity contribution is -0.385. The molecule has 0 unspecified atom stereocenters. The molecule has 0 saturated heterocycles. The highest BCUT2D eigenvalue weighted by molar-refractivity contribution is 5.92. The normalized spacial score (nSPS) is 10.5. The van der Waals surface area contributed by atoms with Gasteiger partial charge in [0, 0.05) is 17.3 Å². The van der Waals surface area contributed by atoms with E-state index in [0.717, 1.165) is 27.5 Å². The maximum Gasteiger partial charge on any atom is 0.286 e. The highest BCUT2D eigenvalue weighted by atomic mass is 16.6. The lowest BCUT2D eigenvalue weighted by Crippen LogP contribution is -2.29. The molecule has 1 N–H and O–H groups in total. The predicted octanol–water partition coefficient (Wildman–Crippen LogP) is 2.63. The van der Waals surface area contributed by atoms with Crippen molar-refractivity contribution < 1.29 is 9.72 Å². The number of amides is 1. The topological polar surface area (TPSA) is 94.2 Å². The van der Waals surface area contributed by atoms with Gasteiger partial charge >= 0.3 is 0 Å². The molecule has 2 rings (SSSR count). The minimum absolute atomic E-state index is 0.220. The molecular formula is C17H19N3O4. The zero-order chi connectivity index (χ0) is 18.0. The molecule has 0 aliphatic heterocycles. The average molecular weight is 329 g/mol. The second-order valence-electron chi connectivity index (χ2n) is 5.89. The Labute approximate surface area is 139 Å². The molecule has 126 valence electrons. The molecule has 0 spiro atoms. The number of pyridine rings is 1. The summed E-state index contributed by atoms with van der Waals surface area (Å²) in [4.78, 5) is 34.7.